The summed E-state index contributed by atoms with van der Waals surface area (Å²) >= 11 is 2.05. The lowest BCUT2D eigenvalue weighted by atomic mass is 10.1. The molecule has 0 unspecified atom stereocenters. The van der Waals surface area contributed by atoms with Crippen LogP contribution in [-0.4, -0.2) is 39.3 Å². The van der Waals surface area contributed by atoms with E-state index in [1.807, 2.05) is 6.20 Å². The molecule has 1 aliphatic rings. The number of aryl methyl sites for hydroxylation is 2. The van der Waals surface area contributed by atoms with Crippen LogP contribution in [0, 0.1) is 13.8 Å². The predicted octanol–water partition coefficient (Wildman–Crippen LogP) is 3.76. The van der Waals surface area contributed by atoms with Gasteiger partial charge < -0.3 is 9.47 Å². The zero-order valence-corrected chi connectivity index (χ0v) is 14.4. The van der Waals surface area contributed by atoms with Gasteiger partial charge in [-0.3, -0.25) is 0 Å². The van der Waals surface area contributed by atoms with Crippen LogP contribution in [0.1, 0.15) is 24.2 Å². The van der Waals surface area contributed by atoms with Crippen LogP contribution >= 0.6 is 11.8 Å². The average Bonchev–Trinajstić information content (AvgIpc) is 2.94. The molecule has 0 N–H and O–H groups in total. The van der Waals surface area contributed by atoms with Gasteiger partial charge in [0.1, 0.15) is 5.82 Å². The molecule has 3 nitrogen and oxygen atoms in total. The van der Waals surface area contributed by atoms with Crippen molar-refractivity contribution in [3.8, 4) is 0 Å². The lowest BCUT2D eigenvalue weighted by molar-refractivity contribution is 0.224. The van der Waals surface area contributed by atoms with Gasteiger partial charge in [0.05, 0.1) is 0 Å². The molecule has 0 saturated carbocycles. The minimum atomic E-state index is 0.772. The van der Waals surface area contributed by atoms with Crippen molar-refractivity contribution in [2.75, 3.05) is 19.6 Å². The fourth-order valence-electron chi connectivity index (χ4n) is 2.95. The first-order chi connectivity index (χ1) is 10.7. The Morgan fingerprint density at radius 3 is 2.45 bits per heavy atom. The molecule has 4 heteroatoms. The normalized spacial score (nSPS) is 17.0. The van der Waals surface area contributed by atoms with Crippen LogP contribution in [0.4, 0.5) is 0 Å². The Labute approximate surface area is 137 Å². The first kappa shape index (κ1) is 15.6. The summed E-state index contributed by atoms with van der Waals surface area (Å²) in [6, 6.07) is 8.94. The van der Waals surface area contributed by atoms with Crippen molar-refractivity contribution in [3.05, 3.63) is 48.0 Å². The molecule has 3 rings (SSSR count). The van der Waals surface area contributed by atoms with Gasteiger partial charge in [0.25, 0.3) is 0 Å². The van der Waals surface area contributed by atoms with E-state index in [4.69, 9.17) is 0 Å². The number of hydrogen-bond acceptors (Lipinski definition) is 3. The lowest BCUT2D eigenvalue weighted by Gasteiger charge is -2.31. The first-order valence-corrected chi connectivity index (χ1v) is 9.02. The molecule has 0 radical (unpaired) electrons. The number of imidazole rings is 1. The van der Waals surface area contributed by atoms with Crippen molar-refractivity contribution in [3.63, 3.8) is 0 Å². The Bertz CT molecular complexity index is 583. The summed E-state index contributed by atoms with van der Waals surface area (Å²) in [5.74, 6) is 1.12. The monoisotopic (exact) mass is 315 g/mol. The second kappa shape index (κ2) is 7.34. The fraction of sp³-hybridized carbons (Fsp3) is 0.500. The van der Waals surface area contributed by atoms with E-state index in [0.29, 0.717) is 0 Å². The minimum absolute atomic E-state index is 0.772. The van der Waals surface area contributed by atoms with Gasteiger partial charge in [0.2, 0.25) is 0 Å². The van der Waals surface area contributed by atoms with Crippen LogP contribution in [0.2, 0.25) is 0 Å². The van der Waals surface area contributed by atoms with Crippen LogP contribution in [0.3, 0.4) is 0 Å². The third kappa shape index (κ3) is 4.14. The third-order valence-corrected chi connectivity index (χ3v) is 5.79. The van der Waals surface area contributed by atoms with E-state index in [0.717, 1.165) is 24.2 Å². The van der Waals surface area contributed by atoms with E-state index in [9.17, 15) is 0 Å². The predicted molar refractivity (Wildman–Crippen MR) is 93.5 cm³/mol. The van der Waals surface area contributed by atoms with E-state index in [-0.39, 0.29) is 0 Å². The third-order valence-electron chi connectivity index (χ3n) is 4.44. The number of benzene rings is 1. The maximum absolute atomic E-state index is 4.29. The highest BCUT2D eigenvalue weighted by atomic mass is 32.2. The van der Waals surface area contributed by atoms with Gasteiger partial charge in [-0.2, -0.15) is 0 Å². The van der Waals surface area contributed by atoms with Gasteiger partial charge in [-0.1, -0.05) is 17.7 Å². The molecule has 0 atom stereocenters. The summed E-state index contributed by atoms with van der Waals surface area (Å²) in [4.78, 5) is 8.29. The van der Waals surface area contributed by atoms with Crippen LogP contribution in [0.25, 0.3) is 0 Å². The molecule has 1 saturated heterocycles. The van der Waals surface area contributed by atoms with Crippen LogP contribution < -0.4 is 0 Å². The number of nitrogens with zero attached hydrogens (tertiary/aromatic N) is 3. The van der Waals surface area contributed by atoms with Gasteiger partial charge in [-0.05, 0) is 51.9 Å². The molecule has 0 aliphatic carbocycles. The largest absolute Gasteiger partial charge is 0.334 e. The molecule has 2 heterocycles. The summed E-state index contributed by atoms with van der Waals surface area (Å²) < 4.78 is 2.24. The second-order valence-electron chi connectivity index (χ2n) is 6.14. The Balaban J connectivity index is 1.42. The Kier molecular flexibility index (Phi) is 5.21. The zero-order chi connectivity index (χ0) is 15.4. The van der Waals surface area contributed by atoms with Gasteiger partial charge in [-0.25, -0.2) is 4.98 Å². The van der Waals surface area contributed by atoms with Gasteiger partial charge in [0.15, 0.2) is 0 Å². The number of thioether (sulfide) groups is 1. The summed E-state index contributed by atoms with van der Waals surface area (Å²) in [5, 5.41) is 0.772. The Hall–Kier alpha value is -1.26. The van der Waals surface area contributed by atoms with Gasteiger partial charge in [-0.15, -0.1) is 11.8 Å². The second-order valence-corrected chi connectivity index (χ2v) is 7.51. The fourth-order valence-corrected chi connectivity index (χ4v) is 4.07. The average molecular weight is 315 g/mol. The van der Waals surface area contributed by atoms with Gasteiger partial charge >= 0.3 is 0 Å². The zero-order valence-electron chi connectivity index (χ0n) is 13.5. The van der Waals surface area contributed by atoms with Crippen molar-refractivity contribution in [2.24, 2.45) is 0 Å². The molecule has 0 spiro atoms. The quantitative estimate of drug-likeness (QED) is 0.838. The molecule has 1 aliphatic heterocycles. The van der Waals surface area contributed by atoms with E-state index in [1.54, 1.807) is 0 Å². The van der Waals surface area contributed by atoms with Crippen LogP contribution in [0.5, 0.6) is 0 Å². The van der Waals surface area contributed by atoms with E-state index < -0.39 is 0 Å². The molecule has 22 heavy (non-hydrogen) atoms. The molecule has 0 bridgehead atoms. The first-order valence-electron chi connectivity index (χ1n) is 8.14. The smallest absolute Gasteiger partial charge is 0.105 e. The number of piperidine rings is 1. The number of hydrogen-bond donors (Lipinski definition) is 0. The molecule has 118 valence electrons. The van der Waals surface area contributed by atoms with Crippen molar-refractivity contribution in [1.29, 1.82) is 0 Å². The van der Waals surface area contributed by atoms with Crippen molar-refractivity contribution < 1.29 is 0 Å². The molecular formula is C18H25N3S. The summed E-state index contributed by atoms with van der Waals surface area (Å²) in [7, 11) is 0. The van der Waals surface area contributed by atoms with Crippen LogP contribution in [-0.2, 0) is 6.54 Å². The topological polar surface area (TPSA) is 21.1 Å². The minimum Gasteiger partial charge on any atom is -0.334 e. The molecule has 1 fully saturated rings. The summed E-state index contributed by atoms with van der Waals surface area (Å²) in [5.41, 5.74) is 1.34. The van der Waals surface area contributed by atoms with Crippen LogP contribution in [0.15, 0.2) is 41.6 Å². The highest BCUT2D eigenvalue weighted by Gasteiger charge is 2.19. The van der Waals surface area contributed by atoms with Gasteiger partial charge in [0, 0.05) is 35.6 Å². The Morgan fingerprint density at radius 1 is 1.09 bits per heavy atom. The van der Waals surface area contributed by atoms with E-state index in [1.165, 1.54) is 36.4 Å². The molecule has 1 aromatic heterocycles. The van der Waals surface area contributed by atoms with Crippen molar-refractivity contribution in [1.82, 2.24) is 14.5 Å². The molecule has 2 aromatic rings. The molecule has 1 aromatic carbocycles. The van der Waals surface area contributed by atoms with E-state index in [2.05, 4.69) is 70.5 Å². The maximum atomic E-state index is 4.29. The SMILES string of the molecule is Cc1ccc(SC2CCN(CCn3ccnc3C)CC2)cc1. The van der Waals surface area contributed by atoms with E-state index >= 15 is 0 Å². The lowest BCUT2D eigenvalue weighted by Crippen LogP contribution is -2.36. The standard InChI is InChI=1S/C18H25N3S/c1-15-3-5-17(6-4-15)22-18-7-10-20(11-8-18)13-14-21-12-9-19-16(21)2/h3-6,9,12,18H,7-8,10-11,13-14H2,1-2H3. The molecule has 0 amide bonds. The van der Waals surface area contributed by atoms with Crippen molar-refractivity contribution in [2.45, 2.75) is 43.4 Å². The number of aromatic nitrogens is 2. The Morgan fingerprint density at radius 2 is 1.82 bits per heavy atom. The number of rotatable bonds is 5. The highest BCUT2D eigenvalue weighted by Crippen LogP contribution is 2.30. The molecular weight excluding hydrogens is 290 g/mol. The van der Waals surface area contributed by atoms with Crippen molar-refractivity contribution >= 4 is 11.8 Å². The highest BCUT2D eigenvalue weighted by molar-refractivity contribution is 8.00. The number of likely N-dealkylation sites (tertiary alicyclic amines) is 1. The maximum Gasteiger partial charge on any atom is 0.105 e. The summed E-state index contributed by atoms with van der Waals surface area (Å²) in [6.07, 6.45) is 6.55. The summed E-state index contributed by atoms with van der Waals surface area (Å²) in [6.45, 7) is 8.86.